The number of benzene rings is 1. The van der Waals surface area contributed by atoms with E-state index in [1.807, 2.05) is 0 Å². The first-order chi connectivity index (χ1) is 12.3. The Hall–Kier alpha value is -2.35. The molecule has 1 aliphatic carbocycles. The first-order valence-corrected chi connectivity index (χ1v) is 8.48. The average Bonchev–Trinajstić information content (AvgIpc) is 3.09. The smallest absolute Gasteiger partial charge is 0.348 e. The van der Waals surface area contributed by atoms with Crippen LogP contribution in [0.2, 0.25) is 5.02 Å². The fraction of sp³-hybridized carbons (Fsp3) is 0.353. The van der Waals surface area contributed by atoms with Crippen LogP contribution in [0.4, 0.5) is 24.8 Å². The molecule has 1 fully saturated rings. The van der Waals surface area contributed by atoms with E-state index in [1.54, 1.807) is 0 Å². The van der Waals surface area contributed by atoms with E-state index in [0.717, 1.165) is 31.7 Å². The summed E-state index contributed by atoms with van der Waals surface area (Å²) in [5, 5.41) is 5.36. The van der Waals surface area contributed by atoms with E-state index in [-0.39, 0.29) is 34.3 Å². The van der Waals surface area contributed by atoms with Crippen molar-refractivity contribution >= 4 is 29.1 Å². The molecule has 9 heteroatoms. The topological polar surface area (TPSA) is 66.9 Å². The van der Waals surface area contributed by atoms with E-state index in [4.69, 9.17) is 11.6 Å². The lowest BCUT2D eigenvalue weighted by molar-refractivity contribution is -0.136. The van der Waals surface area contributed by atoms with Gasteiger partial charge in [-0.15, -0.1) is 0 Å². The summed E-state index contributed by atoms with van der Waals surface area (Å²) in [6, 6.07) is 4.87. The van der Waals surface area contributed by atoms with Gasteiger partial charge >= 0.3 is 6.18 Å². The Morgan fingerprint density at radius 2 is 1.92 bits per heavy atom. The summed E-state index contributed by atoms with van der Waals surface area (Å²) >= 11 is 5.66. The molecule has 1 aromatic heterocycles. The Labute approximate surface area is 153 Å². The number of carbonyl (C=O) groups excluding carboxylic acids is 1. The lowest BCUT2D eigenvalue weighted by atomic mass is 10.1. The number of aromatic nitrogens is 2. The van der Waals surface area contributed by atoms with Crippen LogP contribution in [0.5, 0.6) is 0 Å². The van der Waals surface area contributed by atoms with Gasteiger partial charge in [-0.1, -0.05) is 24.4 Å². The second-order valence-electron chi connectivity index (χ2n) is 6.03. The summed E-state index contributed by atoms with van der Waals surface area (Å²) in [5.41, 5.74) is -1.08. The number of nitrogens with one attached hydrogen (secondary N) is 2. The number of hydrogen-bond acceptors (Lipinski definition) is 4. The number of rotatable bonds is 4. The van der Waals surface area contributed by atoms with Crippen molar-refractivity contribution in [1.29, 1.82) is 0 Å². The molecule has 0 bridgehead atoms. The number of anilines is 2. The molecule has 138 valence electrons. The molecule has 2 N–H and O–H groups in total. The highest BCUT2D eigenvalue weighted by Gasteiger charge is 2.34. The van der Waals surface area contributed by atoms with Crippen LogP contribution in [0.15, 0.2) is 30.5 Å². The van der Waals surface area contributed by atoms with Crippen LogP contribution in [0.25, 0.3) is 0 Å². The normalized spacial score (nSPS) is 15.1. The molecular formula is C17H16ClF3N4O. The molecule has 0 aliphatic heterocycles. The lowest BCUT2D eigenvalue weighted by Gasteiger charge is -2.15. The third-order valence-corrected chi connectivity index (χ3v) is 4.35. The zero-order valence-corrected chi connectivity index (χ0v) is 14.4. The fourth-order valence-electron chi connectivity index (χ4n) is 2.86. The van der Waals surface area contributed by atoms with E-state index in [9.17, 15) is 18.0 Å². The molecule has 26 heavy (non-hydrogen) atoms. The Balaban J connectivity index is 1.80. The van der Waals surface area contributed by atoms with Crippen molar-refractivity contribution in [3.05, 3.63) is 46.7 Å². The zero-order chi connectivity index (χ0) is 18.7. The number of nitrogens with zero attached hydrogens (tertiary/aromatic N) is 2. The summed E-state index contributed by atoms with van der Waals surface area (Å²) < 4.78 is 39.5. The second kappa shape index (κ2) is 7.49. The maximum Gasteiger partial charge on any atom is 0.418 e. The number of hydrogen-bond donors (Lipinski definition) is 2. The van der Waals surface area contributed by atoms with Gasteiger partial charge < -0.3 is 10.6 Å². The molecule has 0 radical (unpaired) electrons. The van der Waals surface area contributed by atoms with Crippen molar-refractivity contribution in [1.82, 2.24) is 15.3 Å². The summed E-state index contributed by atoms with van der Waals surface area (Å²) in [7, 11) is 0. The fourth-order valence-corrected chi connectivity index (χ4v) is 3.03. The minimum atomic E-state index is -4.59. The van der Waals surface area contributed by atoms with Crippen molar-refractivity contribution in [2.24, 2.45) is 0 Å². The van der Waals surface area contributed by atoms with Crippen molar-refractivity contribution in [2.75, 3.05) is 5.32 Å². The molecule has 1 aliphatic rings. The lowest BCUT2D eigenvalue weighted by Crippen LogP contribution is -2.33. The van der Waals surface area contributed by atoms with Crippen LogP contribution in [-0.2, 0) is 6.18 Å². The molecule has 3 rings (SSSR count). The highest BCUT2D eigenvalue weighted by Crippen LogP contribution is 2.37. The van der Waals surface area contributed by atoms with Gasteiger partial charge in [-0.25, -0.2) is 9.97 Å². The average molecular weight is 385 g/mol. The monoisotopic (exact) mass is 384 g/mol. The van der Waals surface area contributed by atoms with E-state index in [0.29, 0.717) is 0 Å². The largest absolute Gasteiger partial charge is 0.418 e. The first-order valence-electron chi connectivity index (χ1n) is 8.10. The van der Waals surface area contributed by atoms with Crippen molar-refractivity contribution in [2.45, 2.75) is 37.9 Å². The molecule has 0 atom stereocenters. The van der Waals surface area contributed by atoms with E-state index in [1.165, 1.54) is 24.4 Å². The number of carbonyl (C=O) groups is 1. The van der Waals surface area contributed by atoms with Crippen LogP contribution >= 0.6 is 11.6 Å². The maximum atomic E-state index is 13.2. The zero-order valence-electron chi connectivity index (χ0n) is 13.6. The van der Waals surface area contributed by atoms with Gasteiger partial charge in [-0.2, -0.15) is 13.2 Å². The van der Waals surface area contributed by atoms with E-state index in [2.05, 4.69) is 20.6 Å². The quantitative estimate of drug-likeness (QED) is 0.810. The summed E-state index contributed by atoms with van der Waals surface area (Å²) in [4.78, 5) is 20.2. The van der Waals surface area contributed by atoms with Gasteiger partial charge in [0.15, 0.2) is 0 Å². The van der Waals surface area contributed by atoms with Gasteiger partial charge in [0.25, 0.3) is 5.91 Å². The Bertz CT molecular complexity index is 807. The number of alkyl halides is 3. The van der Waals surface area contributed by atoms with Crippen molar-refractivity contribution in [3.63, 3.8) is 0 Å². The van der Waals surface area contributed by atoms with Gasteiger partial charge in [0.05, 0.1) is 11.3 Å². The summed E-state index contributed by atoms with van der Waals surface area (Å²) in [6.45, 7) is 0. The van der Waals surface area contributed by atoms with Gasteiger partial charge in [-0.05, 0) is 37.1 Å². The number of amides is 1. The SMILES string of the molecule is O=C(NC1CCCC1)c1ccnc(Nc2ccc(Cl)cc2C(F)(F)F)n1. The highest BCUT2D eigenvalue weighted by atomic mass is 35.5. The number of halogens is 4. The first kappa shape index (κ1) is 18.4. The molecular weight excluding hydrogens is 369 g/mol. The van der Waals surface area contributed by atoms with Gasteiger partial charge in [0, 0.05) is 17.3 Å². The Kier molecular flexibility index (Phi) is 5.31. The standard InChI is InChI=1S/C17H16ClF3N4O/c18-10-5-6-13(12(9-10)17(19,20)21)24-16-22-8-7-14(25-16)15(26)23-11-3-1-2-4-11/h5-9,11H,1-4H2,(H,23,26)(H,22,24,25). The Morgan fingerprint density at radius 3 is 2.62 bits per heavy atom. The summed E-state index contributed by atoms with van der Waals surface area (Å²) in [5.74, 6) is -0.466. The van der Waals surface area contributed by atoms with Gasteiger partial charge in [-0.3, -0.25) is 4.79 Å². The van der Waals surface area contributed by atoms with Crippen LogP contribution in [0.1, 0.15) is 41.7 Å². The van der Waals surface area contributed by atoms with Gasteiger partial charge in [0.2, 0.25) is 5.95 Å². The van der Waals surface area contributed by atoms with Crippen LogP contribution in [-0.4, -0.2) is 21.9 Å². The molecule has 1 saturated carbocycles. The highest BCUT2D eigenvalue weighted by molar-refractivity contribution is 6.30. The van der Waals surface area contributed by atoms with Crippen LogP contribution in [0.3, 0.4) is 0 Å². The summed E-state index contributed by atoms with van der Waals surface area (Å²) in [6.07, 6.45) is 0.701. The minimum absolute atomic E-state index is 0.0338. The molecule has 0 unspecified atom stereocenters. The molecule has 5 nitrogen and oxygen atoms in total. The molecule has 0 spiro atoms. The molecule has 1 amide bonds. The van der Waals surface area contributed by atoms with Gasteiger partial charge in [0.1, 0.15) is 5.69 Å². The van der Waals surface area contributed by atoms with Crippen molar-refractivity contribution in [3.8, 4) is 0 Å². The van der Waals surface area contributed by atoms with Crippen molar-refractivity contribution < 1.29 is 18.0 Å². The minimum Gasteiger partial charge on any atom is -0.348 e. The van der Waals surface area contributed by atoms with E-state index >= 15 is 0 Å². The predicted molar refractivity (Wildman–Crippen MR) is 91.5 cm³/mol. The molecule has 2 aromatic rings. The van der Waals surface area contributed by atoms with Crippen LogP contribution < -0.4 is 10.6 Å². The second-order valence-corrected chi connectivity index (χ2v) is 6.47. The maximum absolute atomic E-state index is 13.2. The van der Waals surface area contributed by atoms with Crippen LogP contribution in [0, 0.1) is 0 Å². The third kappa shape index (κ3) is 4.43. The Morgan fingerprint density at radius 1 is 1.19 bits per heavy atom. The van der Waals surface area contributed by atoms with E-state index < -0.39 is 11.7 Å². The molecule has 0 saturated heterocycles. The third-order valence-electron chi connectivity index (χ3n) is 4.11. The predicted octanol–water partition coefficient (Wildman–Crippen LogP) is 4.56. The molecule has 1 heterocycles. The molecule has 1 aromatic carbocycles.